The lowest BCUT2D eigenvalue weighted by molar-refractivity contribution is 0.0989. The fourth-order valence-corrected chi connectivity index (χ4v) is 4.13. The predicted molar refractivity (Wildman–Crippen MR) is 77.1 cm³/mol. The van der Waals surface area contributed by atoms with E-state index < -0.39 is 15.9 Å². The van der Waals surface area contributed by atoms with Gasteiger partial charge in [0.2, 0.25) is 15.8 Å². The van der Waals surface area contributed by atoms with E-state index >= 15 is 0 Å². The number of hydrogen-bond acceptors (Lipinski definition) is 5. The van der Waals surface area contributed by atoms with Crippen LogP contribution in [-0.4, -0.2) is 52.2 Å². The molecule has 1 aliphatic heterocycles. The van der Waals surface area contributed by atoms with Crippen LogP contribution in [0.2, 0.25) is 0 Å². The van der Waals surface area contributed by atoms with Gasteiger partial charge in [0, 0.05) is 13.1 Å². The van der Waals surface area contributed by atoms with Gasteiger partial charge in [-0.3, -0.25) is 4.79 Å². The van der Waals surface area contributed by atoms with Crippen molar-refractivity contribution >= 4 is 15.9 Å². The zero-order chi connectivity index (χ0) is 15.5. The number of sulfonamides is 1. The maximum absolute atomic E-state index is 12.2. The number of carbonyl (C=O) groups is 1. The second kappa shape index (κ2) is 6.52. The van der Waals surface area contributed by atoms with Crippen molar-refractivity contribution in [2.45, 2.75) is 38.6 Å². The van der Waals surface area contributed by atoms with E-state index in [1.54, 1.807) is 4.68 Å². The molecule has 2 heterocycles. The van der Waals surface area contributed by atoms with Crippen molar-refractivity contribution in [1.29, 1.82) is 0 Å². The maximum Gasteiger partial charge on any atom is 0.288 e. The summed E-state index contributed by atoms with van der Waals surface area (Å²) in [6.45, 7) is 2.88. The number of nitrogens with two attached hydrogens (primary N) is 1. The minimum Gasteiger partial charge on any atom is -0.363 e. The number of rotatable bonds is 6. The summed E-state index contributed by atoms with van der Waals surface area (Å²) in [5.41, 5.74) is 5.12. The van der Waals surface area contributed by atoms with Gasteiger partial charge in [-0.25, -0.2) is 18.1 Å². The molecule has 9 heteroatoms. The van der Waals surface area contributed by atoms with Crippen LogP contribution in [0.3, 0.4) is 0 Å². The molecule has 21 heavy (non-hydrogen) atoms. The zero-order valence-electron chi connectivity index (χ0n) is 12.1. The average Bonchev–Trinajstić information content (AvgIpc) is 2.95. The third-order valence-electron chi connectivity index (χ3n) is 3.61. The topological polar surface area (TPSA) is 111 Å². The van der Waals surface area contributed by atoms with Crippen molar-refractivity contribution in [3.8, 4) is 0 Å². The molecule has 8 nitrogen and oxygen atoms in total. The zero-order valence-corrected chi connectivity index (χ0v) is 12.9. The molecule has 1 atom stereocenters. The number of primary amides is 1. The molecule has 0 saturated carbocycles. The molecule has 0 radical (unpaired) electrons. The summed E-state index contributed by atoms with van der Waals surface area (Å²) in [5, 5.41) is 4.02. The highest BCUT2D eigenvalue weighted by Gasteiger charge is 2.30. The van der Waals surface area contributed by atoms with Gasteiger partial charge >= 0.3 is 0 Å². The number of aromatic nitrogens is 3. The summed E-state index contributed by atoms with van der Waals surface area (Å²) in [7, 11) is -3.22. The van der Waals surface area contributed by atoms with Gasteiger partial charge in [-0.2, -0.15) is 4.31 Å². The summed E-state index contributed by atoms with van der Waals surface area (Å²) in [6, 6.07) is -0.101. The predicted octanol–water partition coefficient (Wildman–Crippen LogP) is 0.144. The first-order valence-corrected chi connectivity index (χ1v) is 8.73. The smallest absolute Gasteiger partial charge is 0.288 e. The lowest BCUT2D eigenvalue weighted by atomic mass is 10.1. The van der Waals surface area contributed by atoms with E-state index in [2.05, 4.69) is 10.1 Å². The van der Waals surface area contributed by atoms with E-state index in [1.165, 1.54) is 10.6 Å². The fourth-order valence-electron chi connectivity index (χ4n) is 2.41. The first-order chi connectivity index (χ1) is 9.94. The van der Waals surface area contributed by atoms with Crippen LogP contribution in [0, 0.1) is 0 Å². The van der Waals surface area contributed by atoms with Crippen LogP contribution >= 0.6 is 0 Å². The first kappa shape index (κ1) is 15.9. The Balaban J connectivity index is 2.08. The van der Waals surface area contributed by atoms with Gasteiger partial charge in [0.1, 0.15) is 6.33 Å². The molecule has 0 bridgehead atoms. The molecule has 0 aliphatic carbocycles. The van der Waals surface area contributed by atoms with Gasteiger partial charge in [0.15, 0.2) is 0 Å². The molecule has 1 fully saturated rings. The van der Waals surface area contributed by atoms with Gasteiger partial charge in [-0.15, -0.1) is 5.10 Å². The Morgan fingerprint density at radius 2 is 2.29 bits per heavy atom. The van der Waals surface area contributed by atoms with E-state index in [4.69, 9.17) is 5.73 Å². The number of nitrogens with zero attached hydrogens (tertiary/aromatic N) is 4. The fraction of sp³-hybridized carbons (Fsp3) is 0.750. The maximum atomic E-state index is 12.2. The molecule has 1 aromatic heterocycles. The molecular weight excluding hydrogens is 294 g/mol. The van der Waals surface area contributed by atoms with E-state index in [9.17, 15) is 13.2 Å². The van der Waals surface area contributed by atoms with E-state index in [1.807, 2.05) is 6.92 Å². The van der Waals surface area contributed by atoms with E-state index in [-0.39, 0.29) is 17.6 Å². The van der Waals surface area contributed by atoms with Crippen molar-refractivity contribution in [3.63, 3.8) is 0 Å². The summed E-state index contributed by atoms with van der Waals surface area (Å²) in [4.78, 5) is 14.9. The normalized spacial score (nSPS) is 20.5. The molecule has 1 saturated heterocycles. The Kier molecular flexibility index (Phi) is 4.94. The van der Waals surface area contributed by atoms with Crippen molar-refractivity contribution in [2.75, 3.05) is 18.8 Å². The molecular formula is C12H21N5O3S. The summed E-state index contributed by atoms with van der Waals surface area (Å²) < 4.78 is 27.5. The molecule has 0 aromatic carbocycles. The minimum atomic E-state index is -3.22. The third-order valence-corrected chi connectivity index (χ3v) is 5.53. The second-order valence-electron chi connectivity index (χ2n) is 5.24. The standard InChI is InChI=1S/C12H21N5O3S/c1-2-3-7-21(19,20)16-6-4-5-10(8-16)17-9-14-12(15-17)11(13)18/h9-10H,2-8H2,1H3,(H2,13,18)/t10-/m1/s1. The number of unbranched alkanes of at least 4 members (excludes halogenated alkanes) is 1. The lowest BCUT2D eigenvalue weighted by Gasteiger charge is -2.31. The number of amides is 1. The molecule has 1 amide bonds. The Hall–Kier alpha value is -1.48. The second-order valence-corrected chi connectivity index (χ2v) is 7.32. The monoisotopic (exact) mass is 315 g/mol. The van der Waals surface area contributed by atoms with Crippen LogP contribution < -0.4 is 5.73 Å². The molecule has 0 unspecified atom stereocenters. The summed E-state index contributed by atoms with van der Waals surface area (Å²) in [6.07, 6.45) is 4.52. The number of hydrogen-bond donors (Lipinski definition) is 1. The van der Waals surface area contributed by atoms with Crippen LogP contribution in [0.25, 0.3) is 0 Å². The molecule has 2 rings (SSSR count). The summed E-state index contributed by atoms with van der Waals surface area (Å²) >= 11 is 0. The molecule has 1 aliphatic rings. The molecule has 0 spiro atoms. The van der Waals surface area contributed by atoms with Crippen LogP contribution in [0.5, 0.6) is 0 Å². The third kappa shape index (κ3) is 3.79. The Labute approximate surface area is 124 Å². The Morgan fingerprint density at radius 1 is 1.52 bits per heavy atom. The van der Waals surface area contributed by atoms with Crippen molar-refractivity contribution in [1.82, 2.24) is 19.1 Å². The molecule has 2 N–H and O–H groups in total. The van der Waals surface area contributed by atoms with Crippen LogP contribution in [-0.2, 0) is 10.0 Å². The molecule has 1 aromatic rings. The lowest BCUT2D eigenvalue weighted by Crippen LogP contribution is -2.41. The van der Waals surface area contributed by atoms with Crippen molar-refractivity contribution in [2.24, 2.45) is 5.73 Å². The van der Waals surface area contributed by atoms with Gasteiger partial charge < -0.3 is 5.73 Å². The Morgan fingerprint density at radius 3 is 2.90 bits per heavy atom. The highest BCUT2D eigenvalue weighted by Crippen LogP contribution is 2.23. The van der Waals surface area contributed by atoms with Gasteiger partial charge in [0.05, 0.1) is 11.8 Å². The van der Waals surface area contributed by atoms with Crippen LogP contribution in [0.4, 0.5) is 0 Å². The van der Waals surface area contributed by atoms with Crippen LogP contribution in [0.15, 0.2) is 6.33 Å². The minimum absolute atomic E-state index is 0.0408. The van der Waals surface area contributed by atoms with Gasteiger partial charge in [-0.05, 0) is 19.3 Å². The quantitative estimate of drug-likeness (QED) is 0.803. The SMILES string of the molecule is CCCCS(=O)(=O)N1CCC[C@@H](n2cnc(C(N)=O)n2)C1. The van der Waals surface area contributed by atoms with Crippen molar-refractivity contribution < 1.29 is 13.2 Å². The van der Waals surface area contributed by atoms with Crippen LogP contribution in [0.1, 0.15) is 49.3 Å². The number of piperidine rings is 1. The Bertz CT molecular complexity index is 598. The highest BCUT2D eigenvalue weighted by atomic mass is 32.2. The average molecular weight is 315 g/mol. The van der Waals surface area contributed by atoms with E-state index in [0.29, 0.717) is 19.5 Å². The molecule has 118 valence electrons. The van der Waals surface area contributed by atoms with E-state index in [0.717, 1.165) is 19.3 Å². The summed E-state index contributed by atoms with van der Waals surface area (Å²) in [5.74, 6) is -0.543. The van der Waals surface area contributed by atoms with Gasteiger partial charge in [-0.1, -0.05) is 13.3 Å². The largest absolute Gasteiger partial charge is 0.363 e. The highest BCUT2D eigenvalue weighted by molar-refractivity contribution is 7.89. The van der Waals surface area contributed by atoms with Crippen molar-refractivity contribution in [3.05, 3.63) is 12.2 Å². The van der Waals surface area contributed by atoms with Gasteiger partial charge in [0.25, 0.3) is 5.91 Å². The number of carbonyl (C=O) groups excluding carboxylic acids is 1. The first-order valence-electron chi connectivity index (χ1n) is 7.13.